The van der Waals surface area contributed by atoms with E-state index in [1.54, 1.807) is 17.0 Å². The van der Waals surface area contributed by atoms with E-state index in [1.807, 2.05) is 61.5 Å². The van der Waals surface area contributed by atoms with Crippen LogP contribution in [0.5, 0.6) is 0 Å². The number of carbonyl (C=O) groups is 2. The summed E-state index contributed by atoms with van der Waals surface area (Å²) in [5.74, 6) is -0.758. The summed E-state index contributed by atoms with van der Waals surface area (Å²) in [7, 11) is 0. The maximum absolute atomic E-state index is 13.3. The predicted molar refractivity (Wildman–Crippen MR) is 131 cm³/mol. The van der Waals surface area contributed by atoms with Crippen LogP contribution >= 0.6 is 11.8 Å². The molecule has 7 heteroatoms. The summed E-state index contributed by atoms with van der Waals surface area (Å²) in [5, 5.41) is 2.74. The zero-order valence-corrected chi connectivity index (χ0v) is 19.0. The first kappa shape index (κ1) is 22.7. The number of nitrogens with one attached hydrogen (secondary N) is 1. The van der Waals surface area contributed by atoms with Crippen molar-refractivity contribution in [1.29, 1.82) is 0 Å². The molecule has 1 aliphatic rings. The molecule has 3 aromatic rings. The number of halogens is 1. The van der Waals surface area contributed by atoms with Gasteiger partial charge in [0.25, 0.3) is 0 Å². The first-order chi connectivity index (χ1) is 16.0. The highest BCUT2D eigenvalue weighted by Gasteiger charge is 2.35. The van der Waals surface area contributed by atoms with Crippen LogP contribution in [0, 0.1) is 12.7 Å². The number of hydrogen-bond donors (Lipinski definition) is 1. The van der Waals surface area contributed by atoms with E-state index in [-0.39, 0.29) is 24.1 Å². The monoisotopic (exact) mass is 461 g/mol. The number of aliphatic imine (C=N–C) groups is 1. The Kier molecular flexibility index (Phi) is 7.19. The summed E-state index contributed by atoms with van der Waals surface area (Å²) in [6.45, 7) is 2.40. The number of amidine groups is 1. The molecule has 0 aromatic heterocycles. The zero-order valence-electron chi connectivity index (χ0n) is 18.2. The minimum Gasteiger partial charge on any atom is -0.325 e. The normalized spacial score (nSPS) is 17.3. The Morgan fingerprint density at radius 3 is 2.58 bits per heavy atom. The van der Waals surface area contributed by atoms with Gasteiger partial charge < -0.3 is 5.32 Å². The summed E-state index contributed by atoms with van der Waals surface area (Å²) in [5.41, 5.74) is 3.36. The molecule has 0 radical (unpaired) electrons. The maximum Gasteiger partial charge on any atom is 0.238 e. The minimum atomic E-state index is -0.606. The fourth-order valence-corrected chi connectivity index (χ4v) is 4.64. The third kappa shape index (κ3) is 6.08. The minimum absolute atomic E-state index is 0.0829. The average Bonchev–Trinajstić information content (AvgIpc) is 2.80. The highest BCUT2D eigenvalue weighted by atomic mass is 32.2. The predicted octanol–water partition coefficient (Wildman–Crippen LogP) is 5.34. The van der Waals surface area contributed by atoms with Crippen LogP contribution < -0.4 is 5.32 Å². The second-order valence-electron chi connectivity index (χ2n) is 7.82. The van der Waals surface area contributed by atoms with Crippen LogP contribution in [0.1, 0.15) is 17.5 Å². The number of rotatable bonds is 6. The Morgan fingerprint density at radius 1 is 1.09 bits per heavy atom. The molecule has 1 saturated heterocycles. The van der Waals surface area contributed by atoms with E-state index in [2.05, 4.69) is 10.3 Å². The summed E-state index contributed by atoms with van der Waals surface area (Å²) in [4.78, 5) is 32.2. The number of nitrogens with zero attached hydrogens (tertiary/aromatic N) is 2. The van der Waals surface area contributed by atoms with Gasteiger partial charge in [0.15, 0.2) is 5.17 Å². The van der Waals surface area contributed by atoms with E-state index in [4.69, 9.17) is 0 Å². The quantitative estimate of drug-likeness (QED) is 0.539. The zero-order chi connectivity index (χ0) is 23.2. The molecule has 2 amide bonds. The molecule has 0 saturated carbocycles. The van der Waals surface area contributed by atoms with Crippen LogP contribution in [0.2, 0.25) is 0 Å². The van der Waals surface area contributed by atoms with Crippen LogP contribution in [-0.2, 0) is 16.0 Å². The Bertz CT molecular complexity index is 1170. The molecule has 0 spiro atoms. The van der Waals surface area contributed by atoms with E-state index >= 15 is 0 Å². The molecule has 1 fully saturated rings. The van der Waals surface area contributed by atoms with E-state index in [9.17, 15) is 14.0 Å². The van der Waals surface area contributed by atoms with E-state index in [0.717, 1.165) is 11.1 Å². The molecule has 1 atom stereocenters. The second kappa shape index (κ2) is 10.4. The van der Waals surface area contributed by atoms with Gasteiger partial charge in [-0.15, -0.1) is 0 Å². The van der Waals surface area contributed by atoms with Gasteiger partial charge >= 0.3 is 0 Å². The van der Waals surface area contributed by atoms with Gasteiger partial charge in [-0.2, -0.15) is 0 Å². The molecule has 4 rings (SSSR count). The molecule has 0 unspecified atom stereocenters. The molecular weight excluding hydrogens is 437 g/mol. The van der Waals surface area contributed by atoms with Crippen molar-refractivity contribution in [2.75, 3.05) is 11.9 Å². The van der Waals surface area contributed by atoms with Gasteiger partial charge in [-0.1, -0.05) is 54.2 Å². The molecule has 1 N–H and O–H groups in total. The maximum atomic E-state index is 13.3. The van der Waals surface area contributed by atoms with Crippen LogP contribution in [0.3, 0.4) is 0 Å². The fraction of sp³-hybridized carbons (Fsp3) is 0.192. The largest absolute Gasteiger partial charge is 0.325 e. The second-order valence-corrected chi connectivity index (χ2v) is 8.99. The Morgan fingerprint density at radius 2 is 1.85 bits per heavy atom. The first-order valence-corrected chi connectivity index (χ1v) is 11.6. The van der Waals surface area contributed by atoms with Crippen molar-refractivity contribution in [3.05, 3.63) is 95.8 Å². The molecule has 0 aliphatic carbocycles. The lowest BCUT2D eigenvalue weighted by Gasteiger charge is -2.32. The number of amides is 2. The fourth-order valence-electron chi connectivity index (χ4n) is 3.52. The van der Waals surface area contributed by atoms with Crippen molar-refractivity contribution in [1.82, 2.24) is 4.90 Å². The molecule has 3 aromatic carbocycles. The van der Waals surface area contributed by atoms with Crippen molar-refractivity contribution >= 4 is 40.1 Å². The van der Waals surface area contributed by atoms with Crippen molar-refractivity contribution in [3.8, 4) is 0 Å². The number of hydrogen-bond acceptors (Lipinski definition) is 4. The molecular formula is C26H24FN3O2S. The van der Waals surface area contributed by atoms with E-state index < -0.39 is 5.25 Å². The molecule has 168 valence electrons. The van der Waals surface area contributed by atoms with Crippen molar-refractivity contribution in [3.63, 3.8) is 0 Å². The van der Waals surface area contributed by atoms with Crippen LogP contribution in [-0.4, -0.2) is 33.7 Å². The van der Waals surface area contributed by atoms with Crippen molar-refractivity contribution in [2.24, 2.45) is 4.99 Å². The Hall–Kier alpha value is -3.45. The topological polar surface area (TPSA) is 61.8 Å². The lowest BCUT2D eigenvalue weighted by atomic mass is 10.1. The lowest BCUT2D eigenvalue weighted by molar-refractivity contribution is -0.129. The molecule has 33 heavy (non-hydrogen) atoms. The number of carbonyl (C=O) groups excluding carboxylic acids is 2. The third-order valence-electron chi connectivity index (χ3n) is 5.24. The number of anilines is 1. The third-order valence-corrected chi connectivity index (χ3v) is 6.42. The lowest BCUT2D eigenvalue weighted by Crippen LogP contribution is -2.46. The van der Waals surface area contributed by atoms with Crippen molar-refractivity contribution < 1.29 is 14.0 Å². The molecule has 0 bridgehead atoms. The smallest absolute Gasteiger partial charge is 0.238 e. The summed E-state index contributed by atoms with van der Waals surface area (Å²) in [6.07, 6.45) is 0.745. The molecule has 5 nitrogen and oxygen atoms in total. The summed E-state index contributed by atoms with van der Waals surface area (Å²) >= 11 is 1.26. The SMILES string of the molecule is Cc1cccc(NC(=O)[C@@H]2CC(=O)N(CCc3ccccc3)C(=Nc3ccc(F)cc3)S2)c1. The van der Waals surface area contributed by atoms with Gasteiger partial charge in [0, 0.05) is 18.7 Å². The standard InChI is InChI=1S/C26H24FN3O2S/c1-18-6-5-9-22(16-18)28-25(32)23-17-24(31)30(15-14-19-7-3-2-4-8-19)26(33-23)29-21-12-10-20(27)11-13-21/h2-13,16,23H,14-15,17H2,1H3,(H,28,32)/t23-/m0/s1. The van der Waals surface area contributed by atoms with Gasteiger partial charge in [0.2, 0.25) is 11.8 Å². The number of benzene rings is 3. The van der Waals surface area contributed by atoms with Crippen LogP contribution in [0.4, 0.5) is 15.8 Å². The number of thioether (sulfide) groups is 1. The van der Waals surface area contributed by atoms with E-state index in [0.29, 0.717) is 29.5 Å². The Labute approximate surface area is 196 Å². The van der Waals surface area contributed by atoms with Crippen LogP contribution in [0.15, 0.2) is 83.9 Å². The Balaban J connectivity index is 1.55. The van der Waals surface area contributed by atoms with E-state index in [1.165, 1.54) is 23.9 Å². The molecule has 1 aliphatic heterocycles. The highest BCUT2D eigenvalue weighted by Crippen LogP contribution is 2.30. The molecule has 1 heterocycles. The van der Waals surface area contributed by atoms with Gasteiger partial charge in [0.1, 0.15) is 11.1 Å². The van der Waals surface area contributed by atoms with Crippen molar-refractivity contribution in [2.45, 2.75) is 25.0 Å². The first-order valence-electron chi connectivity index (χ1n) is 10.7. The average molecular weight is 462 g/mol. The van der Waals surface area contributed by atoms with Gasteiger partial charge in [0.05, 0.1) is 5.69 Å². The van der Waals surface area contributed by atoms with Gasteiger partial charge in [-0.25, -0.2) is 9.38 Å². The number of aryl methyl sites for hydroxylation is 1. The summed E-state index contributed by atoms with van der Waals surface area (Å²) < 4.78 is 13.3. The highest BCUT2D eigenvalue weighted by molar-refractivity contribution is 8.15. The van der Waals surface area contributed by atoms with Gasteiger partial charge in [-0.3, -0.25) is 14.5 Å². The summed E-state index contributed by atoms with van der Waals surface area (Å²) in [6, 6.07) is 23.2. The van der Waals surface area contributed by atoms with Crippen LogP contribution in [0.25, 0.3) is 0 Å². The van der Waals surface area contributed by atoms with Gasteiger partial charge in [-0.05, 0) is 60.9 Å².